The van der Waals surface area contributed by atoms with Gasteiger partial charge in [0.15, 0.2) is 0 Å². The molecule has 1 heterocycles. The number of rotatable bonds is 4. The van der Waals surface area contributed by atoms with E-state index >= 15 is 0 Å². The van der Waals surface area contributed by atoms with Crippen LogP contribution in [0.15, 0.2) is 66.7 Å². The number of fused-ring (bicyclic) bond motifs is 1. The quantitative estimate of drug-likeness (QED) is 0.681. The van der Waals surface area contributed by atoms with Crippen molar-refractivity contribution in [1.82, 2.24) is 0 Å². The van der Waals surface area contributed by atoms with Gasteiger partial charge in [0.25, 0.3) is 5.91 Å². The first-order valence-electron chi connectivity index (χ1n) is 9.75. The second-order valence-corrected chi connectivity index (χ2v) is 7.18. The molecule has 30 heavy (non-hydrogen) atoms. The minimum Gasteiger partial charge on any atom is -0.322 e. The molecule has 0 aromatic heterocycles. The first kappa shape index (κ1) is 19.8. The van der Waals surface area contributed by atoms with Gasteiger partial charge in [-0.15, -0.1) is 0 Å². The molecule has 0 saturated heterocycles. The zero-order valence-corrected chi connectivity index (χ0v) is 16.2. The number of carbonyl (C=O) groups is 2. The molecule has 0 bridgehead atoms. The zero-order valence-electron chi connectivity index (χ0n) is 16.2. The van der Waals surface area contributed by atoms with Crippen molar-refractivity contribution < 1.29 is 18.4 Å². The smallest absolute Gasteiger partial charge is 0.255 e. The van der Waals surface area contributed by atoms with Crippen LogP contribution in [-0.2, 0) is 17.6 Å². The molecule has 1 aliphatic heterocycles. The molecule has 152 valence electrons. The predicted octanol–water partition coefficient (Wildman–Crippen LogP) is 4.74. The molecule has 1 N–H and O–H groups in total. The van der Waals surface area contributed by atoms with Crippen LogP contribution < -0.4 is 10.2 Å². The molecule has 1 aliphatic rings. The first-order chi connectivity index (χ1) is 14.5. The summed E-state index contributed by atoms with van der Waals surface area (Å²) in [5, 5.41) is 2.86. The van der Waals surface area contributed by atoms with E-state index < -0.39 is 11.6 Å². The molecule has 0 radical (unpaired) electrons. The molecule has 4 rings (SSSR count). The standard InChI is InChI=1S/C24H20F2N2O2/c25-18-12-10-16(11-13-18)24(30)27-21-8-3-9-22-19(21)6-4-14-28(22)23(29)15-17-5-1-2-7-20(17)26/h1-3,5,7-13H,4,6,14-15H2,(H,27,30). The van der Waals surface area contributed by atoms with Crippen molar-refractivity contribution in [3.8, 4) is 0 Å². The number of carbonyl (C=O) groups excluding carboxylic acids is 2. The Morgan fingerprint density at radius 1 is 0.933 bits per heavy atom. The summed E-state index contributed by atoms with van der Waals surface area (Å²) >= 11 is 0. The number of amides is 2. The lowest BCUT2D eigenvalue weighted by Gasteiger charge is -2.31. The second kappa shape index (κ2) is 8.45. The SMILES string of the molecule is O=C(Nc1cccc2c1CCCN2C(=O)Cc1ccccc1F)c1ccc(F)cc1. The Balaban J connectivity index is 1.57. The summed E-state index contributed by atoms with van der Waals surface area (Å²) in [6, 6.07) is 17.0. The molecular formula is C24H20F2N2O2. The van der Waals surface area contributed by atoms with E-state index in [2.05, 4.69) is 5.32 Å². The van der Waals surface area contributed by atoms with Crippen LogP contribution in [-0.4, -0.2) is 18.4 Å². The summed E-state index contributed by atoms with van der Waals surface area (Å²) in [5.41, 5.74) is 2.90. The number of halogens is 2. The Morgan fingerprint density at radius 3 is 2.47 bits per heavy atom. The van der Waals surface area contributed by atoms with Crippen LogP contribution in [0, 0.1) is 11.6 Å². The topological polar surface area (TPSA) is 49.4 Å². The van der Waals surface area contributed by atoms with Crippen molar-refractivity contribution in [1.29, 1.82) is 0 Å². The number of nitrogens with zero attached hydrogens (tertiary/aromatic N) is 1. The van der Waals surface area contributed by atoms with Crippen molar-refractivity contribution in [3.05, 3.63) is 95.1 Å². The lowest BCUT2D eigenvalue weighted by molar-refractivity contribution is -0.118. The monoisotopic (exact) mass is 406 g/mol. The lowest BCUT2D eigenvalue weighted by Crippen LogP contribution is -2.37. The number of nitrogens with one attached hydrogen (secondary N) is 1. The molecule has 0 saturated carbocycles. The van der Waals surface area contributed by atoms with E-state index in [1.54, 1.807) is 35.2 Å². The minimum absolute atomic E-state index is 0.0295. The molecule has 0 aliphatic carbocycles. The van der Waals surface area contributed by atoms with Crippen molar-refractivity contribution in [2.75, 3.05) is 16.8 Å². The fourth-order valence-corrected chi connectivity index (χ4v) is 3.70. The van der Waals surface area contributed by atoms with Crippen LogP contribution in [0.4, 0.5) is 20.2 Å². The first-order valence-corrected chi connectivity index (χ1v) is 9.75. The highest BCUT2D eigenvalue weighted by Gasteiger charge is 2.25. The van der Waals surface area contributed by atoms with E-state index in [1.165, 1.54) is 30.3 Å². The summed E-state index contributed by atoms with van der Waals surface area (Å²) in [5.74, 6) is -1.35. The van der Waals surface area contributed by atoms with Crippen molar-refractivity contribution in [2.45, 2.75) is 19.3 Å². The number of anilines is 2. The van der Waals surface area contributed by atoms with Gasteiger partial charge >= 0.3 is 0 Å². The van der Waals surface area contributed by atoms with E-state index in [0.717, 1.165) is 17.7 Å². The Labute approximate surface area is 173 Å². The summed E-state index contributed by atoms with van der Waals surface area (Å²) in [4.78, 5) is 27.1. The van der Waals surface area contributed by atoms with Crippen LogP contribution >= 0.6 is 0 Å². The molecule has 0 atom stereocenters. The Hall–Kier alpha value is -3.54. The number of benzene rings is 3. The summed E-state index contributed by atoms with van der Waals surface area (Å²) in [6.45, 7) is 0.537. The fraction of sp³-hybridized carbons (Fsp3) is 0.167. The van der Waals surface area contributed by atoms with Crippen LogP contribution in [0.2, 0.25) is 0 Å². The molecule has 3 aromatic carbocycles. The van der Waals surface area contributed by atoms with Gasteiger partial charge in [-0.1, -0.05) is 24.3 Å². The Kier molecular flexibility index (Phi) is 5.57. The maximum atomic E-state index is 14.0. The predicted molar refractivity (Wildman–Crippen MR) is 112 cm³/mol. The van der Waals surface area contributed by atoms with E-state index in [4.69, 9.17) is 0 Å². The molecule has 0 spiro atoms. The number of hydrogen-bond donors (Lipinski definition) is 1. The van der Waals surface area contributed by atoms with Crippen molar-refractivity contribution in [3.63, 3.8) is 0 Å². The van der Waals surface area contributed by atoms with Gasteiger partial charge < -0.3 is 10.2 Å². The maximum Gasteiger partial charge on any atom is 0.255 e. The van der Waals surface area contributed by atoms with Crippen LogP contribution in [0.3, 0.4) is 0 Å². The van der Waals surface area contributed by atoms with Crippen LogP contribution in [0.1, 0.15) is 27.9 Å². The van der Waals surface area contributed by atoms with Gasteiger partial charge in [0, 0.05) is 23.5 Å². The van der Waals surface area contributed by atoms with Gasteiger partial charge in [0.2, 0.25) is 5.91 Å². The van der Waals surface area contributed by atoms with Gasteiger partial charge in [-0.25, -0.2) is 8.78 Å². The van der Waals surface area contributed by atoms with E-state index in [-0.39, 0.29) is 18.2 Å². The van der Waals surface area contributed by atoms with E-state index in [9.17, 15) is 18.4 Å². The third-order valence-corrected chi connectivity index (χ3v) is 5.21. The molecular weight excluding hydrogens is 386 g/mol. The van der Waals surface area contributed by atoms with Crippen LogP contribution in [0.25, 0.3) is 0 Å². The van der Waals surface area contributed by atoms with Crippen molar-refractivity contribution in [2.24, 2.45) is 0 Å². The van der Waals surface area contributed by atoms with Gasteiger partial charge in [-0.05, 0) is 66.4 Å². The van der Waals surface area contributed by atoms with Crippen molar-refractivity contribution >= 4 is 23.2 Å². The molecule has 6 heteroatoms. The average molecular weight is 406 g/mol. The third-order valence-electron chi connectivity index (χ3n) is 5.21. The normalized spacial score (nSPS) is 12.9. The van der Waals surface area contributed by atoms with E-state index in [0.29, 0.717) is 29.8 Å². The molecule has 3 aromatic rings. The second-order valence-electron chi connectivity index (χ2n) is 7.18. The highest BCUT2D eigenvalue weighted by molar-refractivity contribution is 6.05. The highest BCUT2D eigenvalue weighted by atomic mass is 19.1. The molecule has 2 amide bonds. The summed E-state index contributed by atoms with van der Waals surface area (Å²) < 4.78 is 27.1. The van der Waals surface area contributed by atoms with Gasteiger partial charge in [0.05, 0.1) is 6.42 Å². The maximum absolute atomic E-state index is 14.0. The summed E-state index contributed by atoms with van der Waals surface area (Å²) in [7, 11) is 0. The van der Waals surface area contributed by atoms with Gasteiger partial charge in [-0.2, -0.15) is 0 Å². The number of hydrogen-bond acceptors (Lipinski definition) is 2. The molecule has 0 unspecified atom stereocenters. The molecule has 4 nitrogen and oxygen atoms in total. The Morgan fingerprint density at radius 2 is 1.70 bits per heavy atom. The largest absolute Gasteiger partial charge is 0.322 e. The summed E-state index contributed by atoms with van der Waals surface area (Å²) in [6.07, 6.45) is 1.41. The fourth-order valence-electron chi connectivity index (χ4n) is 3.70. The Bertz CT molecular complexity index is 1100. The highest BCUT2D eigenvalue weighted by Crippen LogP contribution is 2.33. The lowest BCUT2D eigenvalue weighted by atomic mass is 9.98. The van der Waals surface area contributed by atoms with Gasteiger partial charge in [0.1, 0.15) is 11.6 Å². The average Bonchev–Trinajstić information content (AvgIpc) is 2.75. The zero-order chi connectivity index (χ0) is 21.1. The van der Waals surface area contributed by atoms with E-state index in [1.807, 2.05) is 6.07 Å². The van der Waals surface area contributed by atoms with Crippen LogP contribution in [0.5, 0.6) is 0 Å². The van der Waals surface area contributed by atoms with Gasteiger partial charge in [-0.3, -0.25) is 9.59 Å². The molecule has 0 fully saturated rings. The minimum atomic E-state index is -0.410. The third kappa shape index (κ3) is 4.08.